The van der Waals surface area contributed by atoms with Crippen LogP contribution in [0.3, 0.4) is 0 Å². The number of fused-ring (bicyclic) bond motifs is 1. The summed E-state index contributed by atoms with van der Waals surface area (Å²) in [7, 11) is 0. The topological polar surface area (TPSA) is 58.6 Å². The maximum Gasteiger partial charge on any atom is 0.227 e. The molecule has 2 aromatic carbocycles. The number of amides is 2. The van der Waals surface area contributed by atoms with E-state index in [1.807, 2.05) is 49.4 Å². The van der Waals surface area contributed by atoms with Gasteiger partial charge in [0.25, 0.3) is 0 Å². The van der Waals surface area contributed by atoms with E-state index >= 15 is 0 Å². The van der Waals surface area contributed by atoms with Crippen molar-refractivity contribution in [2.45, 2.75) is 25.8 Å². The summed E-state index contributed by atoms with van der Waals surface area (Å²) in [6, 6.07) is 13.5. The molecule has 6 heteroatoms. The Hall–Kier alpha value is -2.34. The molecule has 0 spiro atoms. The fourth-order valence-electron chi connectivity index (χ4n) is 3.66. The lowest BCUT2D eigenvalue weighted by Gasteiger charge is -2.28. The molecule has 2 unspecified atom stereocenters. The van der Waals surface area contributed by atoms with Crippen LogP contribution in [0.4, 0.5) is 5.69 Å². The lowest BCUT2D eigenvalue weighted by atomic mass is 9.99. The Labute approximate surface area is 166 Å². The standard InChI is InChI=1S/C21H21BrN2O3/c1-13-2-5-16(6-3-13)24-12-14(10-20(24)25)21(26)23-18-8-9-27-19-7-4-15(22)11-17(18)19/h2-7,11,14,18H,8-10,12H2,1H3,(H,23,26). The quantitative estimate of drug-likeness (QED) is 0.809. The summed E-state index contributed by atoms with van der Waals surface area (Å²) in [6.07, 6.45) is 0.964. The normalized spacial score (nSPS) is 21.6. The third kappa shape index (κ3) is 3.72. The second kappa shape index (κ2) is 7.35. The molecule has 0 aromatic heterocycles. The molecule has 0 aliphatic carbocycles. The average molecular weight is 429 g/mol. The molecule has 5 nitrogen and oxygen atoms in total. The number of carbonyl (C=O) groups is 2. The lowest BCUT2D eigenvalue weighted by Crippen LogP contribution is -2.37. The number of hydrogen-bond donors (Lipinski definition) is 1. The summed E-state index contributed by atoms with van der Waals surface area (Å²) in [6.45, 7) is 3.00. The Morgan fingerprint density at radius 3 is 2.78 bits per heavy atom. The minimum Gasteiger partial charge on any atom is -0.493 e. The van der Waals surface area contributed by atoms with Gasteiger partial charge in [-0.3, -0.25) is 9.59 Å². The van der Waals surface area contributed by atoms with E-state index in [0.717, 1.165) is 33.5 Å². The van der Waals surface area contributed by atoms with Crippen molar-refractivity contribution in [3.05, 3.63) is 58.1 Å². The zero-order chi connectivity index (χ0) is 19.0. The number of carbonyl (C=O) groups excluding carboxylic acids is 2. The maximum absolute atomic E-state index is 12.8. The van der Waals surface area contributed by atoms with Crippen LogP contribution < -0.4 is 15.0 Å². The molecule has 1 fully saturated rings. The third-order valence-electron chi connectivity index (χ3n) is 5.17. The molecular weight excluding hydrogens is 408 g/mol. The Bertz CT molecular complexity index is 881. The molecule has 2 atom stereocenters. The van der Waals surface area contributed by atoms with Gasteiger partial charge in [-0.1, -0.05) is 33.6 Å². The molecule has 140 valence electrons. The molecule has 1 saturated heterocycles. The van der Waals surface area contributed by atoms with Crippen molar-refractivity contribution in [3.63, 3.8) is 0 Å². The summed E-state index contributed by atoms with van der Waals surface area (Å²) in [4.78, 5) is 27.0. The number of rotatable bonds is 3. The van der Waals surface area contributed by atoms with Crippen molar-refractivity contribution in [1.82, 2.24) is 5.32 Å². The highest BCUT2D eigenvalue weighted by atomic mass is 79.9. The van der Waals surface area contributed by atoms with E-state index in [1.54, 1.807) is 4.90 Å². The largest absolute Gasteiger partial charge is 0.493 e. The van der Waals surface area contributed by atoms with Gasteiger partial charge >= 0.3 is 0 Å². The van der Waals surface area contributed by atoms with Crippen molar-refractivity contribution in [3.8, 4) is 5.75 Å². The van der Waals surface area contributed by atoms with Crippen LogP contribution in [0.25, 0.3) is 0 Å². The fourth-order valence-corrected chi connectivity index (χ4v) is 4.04. The van der Waals surface area contributed by atoms with E-state index in [1.165, 1.54) is 0 Å². The van der Waals surface area contributed by atoms with Gasteiger partial charge in [-0.05, 0) is 37.3 Å². The first-order valence-corrected chi connectivity index (χ1v) is 9.90. The number of nitrogens with zero attached hydrogens (tertiary/aromatic N) is 1. The molecule has 0 radical (unpaired) electrons. The second-order valence-corrected chi connectivity index (χ2v) is 8.04. The van der Waals surface area contributed by atoms with Crippen LogP contribution in [-0.4, -0.2) is 25.0 Å². The van der Waals surface area contributed by atoms with Gasteiger partial charge in [-0.2, -0.15) is 0 Å². The summed E-state index contributed by atoms with van der Waals surface area (Å²) in [5, 5.41) is 3.13. The molecule has 2 aliphatic heterocycles. The van der Waals surface area contributed by atoms with Crippen LogP contribution in [-0.2, 0) is 9.59 Å². The molecule has 2 aliphatic rings. The Morgan fingerprint density at radius 2 is 2.00 bits per heavy atom. The highest BCUT2D eigenvalue weighted by Crippen LogP contribution is 2.35. The number of hydrogen-bond acceptors (Lipinski definition) is 3. The maximum atomic E-state index is 12.8. The van der Waals surface area contributed by atoms with E-state index in [9.17, 15) is 9.59 Å². The summed E-state index contributed by atoms with van der Waals surface area (Å²) in [5.41, 5.74) is 2.97. The number of halogens is 1. The monoisotopic (exact) mass is 428 g/mol. The Morgan fingerprint density at radius 1 is 1.22 bits per heavy atom. The first kappa shape index (κ1) is 18.0. The summed E-state index contributed by atoms with van der Waals surface area (Å²) in [5.74, 6) is 0.390. The zero-order valence-electron chi connectivity index (χ0n) is 15.1. The van der Waals surface area contributed by atoms with Crippen molar-refractivity contribution in [2.24, 2.45) is 5.92 Å². The number of nitrogens with one attached hydrogen (secondary N) is 1. The number of aryl methyl sites for hydroxylation is 1. The van der Waals surface area contributed by atoms with Crippen LogP contribution in [0, 0.1) is 12.8 Å². The van der Waals surface area contributed by atoms with Crippen molar-refractivity contribution in [1.29, 1.82) is 0 Å². The summed E-state index contributed by atoms with van der Waals surface area (Å²) >= 11 is 3.48. The SMILES string of the molecule is Cc1ccc(N2CC(C(=O)NC3CCOc4ccc(Br)cc43)CC2=O)cc1. The Kier molecular flexibility index (Phi) is 4.91. The van der Waals surface area contributed by atoms with Gasteiger partial charge in [0.1, 0.15) is 5.75 Å². The van der Waals surface area contributed by atoms with Gasteiger partial charge in [0.2, 0.25) is 11.8 Å². The van der Waals surface area contributed by atoms with Gasteiger partial charge in [0, 0.05) is 35.1 Å². The van der Waals surface area contributed by atoms with Crippen LogP contribution >= 0.6 is 15.9 Å². The number of ether oxygens (including phenoxy) is 1. The highest BCUT2D eigenvalue weighted by Gasteiger charge is 2.36. The minimum atomic E-state index is -0.336. The number of benzene rings is 2. The third-order valence-corrected chi connectivity index (χ3v) is 5.66. The number of anilines is 1. The van der Waals surface area contributed by atoms with Crippen LogP contribution in [0.5, 0.6) is 5.75 Å². The van der Waals surface area contributed by atoms with Gasteiger partial charge in [-0.25, -0.2) is 0 Å². The molecule has 4 rings (SSSR count). The van der Waals surface area contributed by atoms with Gasteiger partial charge in [-0.15, -0.1) is 0 Å². The van der Waals surface area contributed by atoms with Gasteiger partial charge in [0.05, 0.1) is 18.6 Å². The van der Waals surface area contributed by atoms with Crippen LogP contribution in [0.1, 0.15) is 30.0 Å². The molecule has 0 saturated carbocycles. The van der Waals surface area contributed by atoms with Crippen molar-refractivity contribution >= 4 is 33.4 Å². The van der Waals surface area contributed by atoms with E-state index < -0.39 is 0 Å². The predicted molar refractivity (Wildman–Crippen MR) is 107 cm³/mol. The smallest absolute Gasteiger partial charge is 0.227 e. The molecule has 27 heavy (non-hydrogen) atoms. The van der Waals surface area contributed by atoms with Crippen molar-refractivity contribution in [2.75, 3.05) is 18.1 Å². The van der Waals surface area contributed by atoms with Crippen LogP contribution in [0.2, 0.25) is 0 Å². The van der Waals surface area contributed by atoms with Gasteiger partial charge < -0.3 is 15.0 Å². The summed E-state index contributed by atoms with van der Waals surface area (Å²) < 4.78 is 6.63. The Balaban J connectivity index is 1.46. The molecule has 2 aromatic rings. The predicted octanol–water partition coefficient (Wildman–Crippen LogP) is 3.75. The van der Waals surface area contributed by atoms with E-state index in [-0.39, 0.29) is 30.2 Å². The molecule has 2 amide bonds. The molecular formula is C21H21BrN2O3. The lowest BCUT2D eigenvalue weighted by molar-refractivity contribution is -0.127. The molecule has 1 N–H and O–H groups in total. The fraction of sp³-hybridized carbons (Fsp3) is 0.333. The average Bonchev–Trinajstić information content (AvgIpc) is 3.05. The first-order chi connectivity index (χ1) is 13.0. The molecule has 0 bridgehead atoms. The van der Waals surface area contributed by atoms with Crippen LogP contribution in [0.15, 0.2) is 46.9 Å². The van der Waals surface area contributed by atoms with Crippen molar-refractivity contribution < 1.29 is 14.3 Å². The molecule has 2 heterocycles. The van der Waals surface area contributed by atoms with E-state index in [2.05, 4.69) is 21.2 Å². The van der Waals surface area contributed by atoms with E-state index in [0.29, 0.717) is 13.2 Å². The second-order valence-electron chi connectivity index (χ2n) is 7.12. The zero-order valence-corrected chi connectivity index (χ0v) is 16.7. The first-order valence-electron chi connectivity index (χ1n) is 9.11. The van der Waals surface area contributed by atoms with Gasteiger partial charge in [0.15, 0.2) is 0 Å². The minimum absolute atomic E-state index is 0.00544. The highest BCUT2D eigenvalue weighted by molar-refractivity contribution is 9.10. The van der Waals surface area contributed by atoms with E-state index in [4.69, 9.17) is 4.74 Å².